The maximum atomic E-state index is 12.4. The first-order chi connectivity index (χ1) is 18.0. The highest BCUT2D eigenvalue weighted by atomic mass is 32.2. The number of esters is 1. The second-order valence-corrected chi connectivity index (χ2v) is 10.7. The molecule has 0 radical (unpaired) electrons. The molecule has 0 aliphatic heterocycles. The van der Waals surface area contributed by atoms with Crippen LogP contribution in [0.2, 0.25) is 0 Å². The van der Waals surface area contributed by atoms with Crippen LogP contribution in [-0.2, 0) is 27.1 Å². The summed E-state index contributed by atoms with van der Waals surface area (Å²) >= 11 is 1.51. The van der Waals surface area contributed by atoms with Crippen molar-refractivity contribution in [1.29, 1.82) is 0 Å². The van der Waals surface area contributed by atoms with Crippen molar-refractivity contribution >= 4 is 17.7 Å². The lowest BCUT2D eigenvalue weighted by molar-refractivity contribution is -0.146. The first-order valence-corrected chi connectivity index (χ1v) is 13.7. The van der Waals surface area contributed by atoms with E-state index in [1.807, 2.05) is 56.3 Å². The van der Waals surface area contributed by atoms with Crippen LogP contribution in [0.4, 0.5) is 0 Å². The minimum atomic E-state index is -0.556. The first-order valence-electron chi connectivity index (χ1n) is 12.7. The summed E-state index contributed by atoms with van der Waals surface area (Å²) < 4.78 is 11.0. The number of aryl methyl sites for hydroxylation is 1. The van der Waals surface area contributed by atoms with Gasteiger partial charge in [-0.1, -0.05) is 84.0 Å². The van der Waals surface area contributed by atoms with Crippen molar-refractivity contribution < 1.29 is 19.2 Å². The molecule has 1 heterocycles. The van der Waals surface area contributed by atoms with Crippen LogP contribution in [0, 0.1) is 6.92 Å². The Morgan fingerprint density at radius 2 is 1.62 bits per heavy atom. The number of aliphatic hydroxyl groups excluding tert-OH is 1. The molecule has 5 rings (SSSR count). The molecule has 1 aliphatic carbocycles. The van der Waals surface area contributed by atoms with Gasteiger partial charge in [0.25, 0.3) is 0 Å². The van der Waals surface area contributed by atoms with Crippen LogP contribution in [0.1, 0.15) is 42.1 Å². The lowest BCUT2D eigenvalue weighted by Gasteiger charge is -2.14. The third-order valence-corrected chi connectivity index (χ3v) is 8.03. The summed E-state index contributed by atoms with van der Waals surface area (Å²) in [5, 5.41) is 14.9. The Kier molecular flexibility index (Phi) is 7.49. The van der Waals surface area contributed by atoms with Gasteiger partial charge in [0.15, 0.2) is 5.76 Å². The number of carbonyl (C=O) groups excluding carboxylic acids is 1. The molecule has 6 heteroatoms. The first kappa shape index (κ1) is 25.3. The van der Waals surface area contributed by atoms with Gasteiger partial charge in [-0.2, -0.15) is 0 Å². The molecule has 0 unspecified atom stereocenters. The van der Waals surface area contributed by atoms with Gasteiger partial charge in [-0.3, -0.25) is 4.79 Å². The molecule has 0 amide bonds. The van der Waals surface area contributed by atoms with Gasteiger partial charge < -0.3 is 14.4 Å². The number of benzene rings is 3. The number of carbonyl (C=O) groups is 1. The van der Waals surface area contributed by atoms with Crippen LogP contribution in [0.15, 0.2) is 83.4 Å². The lowest BCUT2D eigenvalue weighted by Crippen LogP contribution is -2.23. The molecule has 4 aromatic rings. The minimum Gasteiger partial charge on any atom is -0.465 e. The van der Waals surface area contributed by atoms with Gasteiger partial charge in [0.1, 0.15) is 5.44 Å². The van der Waals surface area contributed by atoms with Crippen molar-refractivity contribution in [1.82, 2.24) is 5.16 Å². The van der Waals surface area contributed by atoms with E-state index in [-0.39, 0.29) is 5.97 Å². The fraction of sp³-hybridized carbons (Fsp3) is 0.290. The quantitative estimate of drug-likeness (QED) is 0.188. The zero-order valence-electron chi connectivity index (χ0n) is 21.1. The largest absolute Gasteiger partial charge is 0.465 e. The minimum absolute atomic E-state index is 0.117. The monoisotopic (exact) mass is 513 g/mol. The van der Waals surface area contributed by atoms with Crippen LogP contribution in [0.5, 0.6) is 0 Å². The number of ether oxygens (including phenoxy) is 1. The van der Waals surface area contributed by atoms with Crippen LogP contribution in [0.3, 0.4) is 0 Å². The highest BCUT2D eigenvalue weighted by molar-refractivity contribution is 7.98. The van der Waals surface area contributed by atoms with E-state index in [2.05, 4.69) is 41.6 Å². The molecule has 1 aliphatic rings. The van der Waals surface area contributed by atoms with E-state index in [1.54, 1.807) is 0 Å². The SMILES string of the molecule is CCOC(=O)C1(c2ccc(-c3ccc(-c4onc(C)c4C[C@@H](O)SCc4ccccc4)cc3)cc2)CC1. The van der Waals surface area contributed by atoms with Crippen molar-refractivity contribution in [2.75, 3.05) is 6.61 Å². The average molecular weight is 514 g/mol. The Balaban J connectivity index is 1.27. The van der Waals surface area contributed by atoms with Gasteiger partial charge in [0.05, 0.1) is 17.7 Å². The second-order valence-electron chi connectivity index (χ2n) is 9.49. The Bertz CT molecular complexity index is 1340. The Morgan fingerprint density at radius 3 is 2.24 bits per heavy atom. The summed E-state index contributed by atoms with van der Waals surface area (Å²) in [5.74, 6) is 1.33. The van der Waals surface area contributed by atoms with E-state index in [9.17, 15) is 9.90 Å². The third-order valence-electron chi connectivity index (χ3n) is 6.98. The topological polar surface area (TPSA) is 72.6 Å². The Labute approximate surface area is 221 Å². The summed E-state index contributed by atoms with van der Waals surface area (Å²) in [6.45, 7) is 4.16. The Morgan fingerprint density at radius 1 is 1.00 bits per heavy atom. The van der Waals surface area contributed by atoms with Crippen LogP contribution < -0.4 is 0 Å². The van der Waals surface area contributed by atoms with E-state index in [0.29, 0.717) is 18.8 Å². The number of rotatable bonds is 10. The van der Waals surface area contributed by atoms with Crippen LogP contribution in [0.25, 0.3) is 22.5 Å². The van der Waals surface area contributed by atoms with Crippen molar-refractivity contribution in [3.63, 3.8) is 0 Å². The standard InChI is InChI=1S/C31H31NO4S/c1-3-35-30(34)31(17-18-31)26-15-13-24(14-16-26)23-9-11-25(12-10-23)29-27(21(2)32-36-29)19-28(33)37-20-22-7-5-4-6-8-22/h4-16,28,33H,3,17-20H2,1-2H3/t28-/m0/s1. The maximum Gasteiger partial charge on any atom is 0.316 e. The fourth-order valence-electron chi connectivity index (χ4n) is 4.66. The summed E-state index contributed by atoms with van der Waals surface area (Å²) in [6, 6.07) is 26.5. The van der Waals surface area contributed by atoms with Crippen LogP contribution in [-0.4, -0.2) is 28.3 Å². The van der Waals surface area contributed by atoms with Crippen molar-refractivity contribution in [2.45, 2.75) is 49.7 Å². The molecule has 5 nitrogen and oxygen atoms in total. The molecule has 1 atom stereocenters. The molecule has 190 valence electrons. The molecule has 1 N–H and O–H groups in total. The lowest BCUT2D eigenvalue weighted by atomic mass is 9.93. The number of aromatic nitrogens is 1. The van der Waals surface area contributed by atoms with Crippen molar-refractivity contribution in [2.24, 2.45) is 0 Å². The van der Waals surface area contributed by atoms with Gasteiger partial charge >= 0.3 is 5.97 Å². The molecular weight excluding hydrogens is 482 g/mol. The van der Waals surface area contributed by atoms with Gasteiger partial charge in [0.2, 0.25) is 0 Å². The fourth-order valence-corrected chi connectivity index (χ4v) is 5.52. The molecule has 0 saturated heterocycles. The number of thioether (sulfide) groups is 1. The van der Waals surface area contributed by atoms with E-state index in [0.717, 1.165) is 52.1 Å². The summed E-state index contributed by atoms with van der Waals surface area (Å²) in [4.78, 5) is 12.4. The molecule has 1 fully saturated rings. The predicted molar refractivity (Wildman–Crippen MR) is 147 cm³/mol. The van der Waals surface area contributed by atoms with Gasteiger partial charge in [-0.05, 0) is 48.9 Å². The van der Waals surface area contributed by atoms with E-state index in [1.165, 1.54) is 17.3 Å². The number of hydrogen-bond acceptors (Lipinski definition) is 6. The number of hydrogen-bond donors (Lipinski definition) is 1. The molecule has 1 saturated carbocycles. The number of aliphatic hydroxyl groups is 1. The average Bonchev–Trinajstić information content (AvgIpc) is 3.67. The van der Waals surface area contributed by atoms with Gasteiger partial charge in [0, 0.05) is 23.3 Å². The zero-order chi connectivity index (χ0) is 25.8. The van der Waals surface area contributed by atoms with E-state index < -0.39 is 10.9 Å². The Hall–Kier alpha value is -3.35. The molecule has 1 aromatic heterocycles. The second kappa shape index (κ2) is 11.0. The van der Waals surface area contributed by atoms with E-state index in [4.69, 9.17) is 9.26 Å². The normalized spacial score (nSPS) is 14.8. The molecule has 0 spiro atoms. The third kappa shape index (κ3) is 5.50. The molecule has 3 aromatic carbocycles. The summed E-state index contributed by atoms with van der Waals surface area (Å²) in [5.41, 5.74) is 6.01. The number of nitrogens with zero attached hydrogens (tertiary/aromatic N) is 1. The maximum absolute atomic E-state index is 12.4. The molecule has 0 bridgehead atoms. The highest BCUT2D eigenvalue weighted by Gasteiger charge is 2.52. The van der Waals surface area contributed by atoms with Gasteiger partial charge in [-0.25, -0.2) is 0 Å². The summed E-state index contributed by atoms with van der Waals surface area (Å²) in [6.07, 6.45) is 2.16. The van der Waals surface area contributed by atoms with E-state index >= 15 is 0 Å². The van der Waals surface area contributed by atoms with Crippen molar-refractivity contribution in [3.8, 4) is 22.5 Å². The van der Waals surface area contributed by atoms with Crippen LogP contribution >= 0.6 is 11.8 Å². The summed E-state index contributed by atoms with van der Waals surface area (Å²) in [7, 11) is 0. The zero-order valence-corrected chi connectivity index (χ0v) is 22.0. The molecular formula is C31H31NO4S. The molecule has 37 heavy (non-hydrogen) atoms. The predicted octanol–water partition coefficient (Wildman–Crippen LogP) is 6.71. The highest BCUT2D eigenvalue weighted by Crippen LogP contribution is 2.49. The smallest absolute Gasteiger partial charge is 0.316 e. The van der Waals surface area contributed by atoms with Crippen molar-refractivity contribution in [3.05, 3.63) is 101 Å². The van der Waals surface area contributed by atoms with Gasteiger partial charge in [-0.15, -0.1) is 11.8 Å².